The Morgan fingerprint density at radius 2 is 1.91 bits per heavy atom. The van der Waals surface area contributed by atoms with Crippen molar-refractivity contribution in [2.45, 2.75) is 64.7 Å². The summed E-state index contributed by atoms with van der Waals surface area (Å²) in [7, 11) is 0. The topological polar surface area (TPSA) is 47.0 Å². The molecular formula is C24H27F4N3OS. The monoisotopic (exact) mass is 481 g/mol. The average Bonchev–Trinajstić information content (AvgIpc) is 3.14. The molecule has 1 atom stereocenters. The van der Waals surface area contributed by atoms with Crippen molar-refractivity contribution in [3.63, 3.8) is 0 Å². The van der Waals surface area contributed by atoms with Crippen LogP contribution < -0.4 is 10.1 Å². The number of hydrogen-bond donors (Lipinski definition) is 1. The van der Waals surface area contributed by atoms with Gasteiger partial charge in [0.05, 0.1) is 11.7 Å². The van der Waals surface area contributed by atoms with Crippen LogP contribution in [0.3, 0.4) is 0 Å². The highest BCUT2D eigenvalue weighted by atomic mass is 32.1. The van der Waals surface area contributed by atoms with Gasteiger partial charge in [-0.2, -0.15) is 17.6 Å². The van der Waals surface area contributed by atoms with E-state index in [9.17, 15) is 17.6 Å². The molecule has 2 aromatic heterocycles. The van der Waals surface area contributed by atoms with Crippen molar-refractivity contribution in [1.29, 1.82) is 0 Å². The Labute approximate surface area is 195 Å². The van der Waals surface area contributed by atoms with Gasteiger partial charge in [0.15, 0.2) is 5.13 Å². The van der Waals surface area contributed by atoms with Gasteiger partial charge >= 0.3 is 6.18 Å². The largest absolute Gasteiger partial charge is 0.490 e. The second kappa shape index (κ2) is 11.4. The summed E-state index contributed by atoms with van der Waals surface area (Å²) in [4.78, 5) is 8.11. The number of aromatic nitrogens is 2. The number of anilines is 2. The fourth-order valence-electron chi connectivity index (χ4n) is 3.40. The zero-order valence-electron chi connectivity index (χ0n) is 18.6. The minimum absolute atomic E-state index is 0.0966. The van der Waals surface area contributed by atoms with E-state index in [2.05, 4.69) is 22.2 Å². The lowest BCUT2D eigenvalue weighted by molar-refractivity contribution is -0.139. The summed E-state index contributed by atoms with van der Waals surface area (Å²) < 4.78 is 61.1. The van der Waals surface area contributed by atoms with Crippen LogP contribution >= 0.6 is 11.3 Å². The molecule has 0 aliphatic carbocycles. The van der Waals surface area contributed by atoms with Gasteiger partial charge in [0.25, 0.3) is 0 Å². The fourth-order valence-corrected chi connectivity index (χ4v) is 4.14. The van der Waals surface area contributed by atoms with Crippen molar-refractivity contribution in [2.75, 3.05) is 5.32 Å². The molecule has 0 aliphatic heterocycles. The normalized spacial score (nSPS) is 12.5. The van der Waals surface area contributed by atoms with Gasteiger partial charge in [0.1, 0.15) is 11.4 Å². The van der Waals surface area contributed by atoms with Crippen LogP contribution in [0.2, 0.25) is 0 Å². The summed E-state index contributed by atoms with van der Waals surface area (Å²) in [5, 5.41) is 2.37. The third-order valence-electron chi connectivity index (χ3n) is 5.10. The minimum atomic E-state index is -4.59. The van der Waals surface area contributed by atoms with Gasteiger partial charge in [-0.05, 0) is 50.1 Å². The molecule has 4 nitrogen and oxygen atoms in total. The van der Waals surface area contributed by atoms with Crippen LogP contribution in [0.4, 0.5) is 28.4 Å². The minimum Gasteiger partial charge on any atom is -0.490 e. The molecule has 33 heavy (non-hydrogen) atoms. The van der Waals surface area contributed by atoms with E-state index >= 15 is 0 Å². The number of halogens is 4. The Kier molecular flexibility index (Phi) is 8.66. The van der Waals surface area contributed by atoms with Gasteiger partial charge in [-0.15, -0.1) is 0 Å². The molecule has 9 heteroatoms. The van der Waals surface area contributed by atoms with E-state index in [4.69, 9.17) is 4.74 Å². The number of unbranched alkanes of at least 4 members (excludes halogenated alkanes) is 4. The molecule has 0 spiro atoms. The standard InChI is InChI=1S/C24H27F4N3OS/c1-3-4-5-6-7-9-16(2)32-20-12-11-18(14-19(20)24(26,27)28)30-23-31-21(22(25)33-23)17-10-8-13-29-15-17/h8,10-16H,3-7,9H2,1-2H3,(H,30,31)/t16-/m0/s1. The summed E-state index contributed by atoms with van der Waals surface area (Å²) in [5.41, 5.74) is -0.148. The second-order valence-electron chi connectivity index (χ2n) is 7.85. The summed E-state index contributed by atoms with van der Waals surface area (Å²) >= 11 is 0.718. The summed E-state index contributed by atoms with van der Waals surface area (Å²) in [5.74, 6) is -0.213. The third kappa shape index (κ3) is 7.15. The Balaban J connectivity index is 1.72. The van der Waals surface area contributed by atoms with E-state index in [1.54, 1.807) is 25.3 Å². The molecule has 1 aromatic carbocycles. The van der Waals surface area contributed by atoms with Gasteiger partial charge in [0, 0.05) is 23.6 Å². The first-order valence-corrected chi connectivity index (χ1v) is 11.8. The molecular weight excluding hydrogens is 454 g/mol. The van der Waals surface area contributed by atoms with E-state index in [-0.39, 0.29) is 28.4 Å². The number of ether oxygens (including phenoxy) is 1. The van der Waals surface area contributed by atoms with Crippen molar-refractivity contribution in [1.82, 2.24) is 9.97 Å². The van der Waals surface area contributed by atoms with E-state index in [1.165, 1.54) is 18.3 Å². The summed E-state index contributed by atoms with van der Waals surface area (Å²) in [6.07, 6.45) is 4.18. The van der Waals surface area contributed by atoms with Crippen molar-refractivity contribution in [2.24, 2.45) is 0 Å². The van der Waals surface area contributed by atoms with Crippen LogP contribution in [0, 0.1) is 5.13 Å². The highest BCUT2D eigenvalue weighted by molar-refractivity contribution is 7.14. The first kappa shape index (κ1) is 25.0. The molecule has 0 saturated heterocycles. The van der Waals surface area contributed by atoms with Crippen LogP contribution in [0.1, 0.15) is 57.9 Å². The maximum atomic E-state index is 14.3. The predicted molar refractivity (Wildman–Crippen MR) is 123 cm³/mol. The Morgan fingerprint density at radius 3 is 2.61 bits per heavy atom. The number of pyridine rings is 1. The van der Waals surface area contributed by atoms with Crippen molar-refractivity contribution < 1.29 is 22.3 Å². The molecule has 0 amide bonds. The number of benzene rings is 1. The van der Waals surface area contributed by atoms with Crippen LogP contribution in [-0.4, -0.2) is 16.1 Å². The number of nitrogens with zero attached hydrogens (tertiary/aromatic N) is 2. The summed E-state index contributed by atoms with van der Waals surface area (Å²) in [6.45, 7) is 3.91. The van der Waals surface area contributed by atoms with Gasteiger partial charge in [-0.3, -0.25) is 4.98 Å². The molecule has 0 saturated carbocycles. The van der Waals surface area contributed by atoms with Crippen molar-refractivity contribution in [3.8, 4) is 17.0 Å². The molecule has 1 N–H and O–H groups in total. The molecule has 0 bridgehead atoms. The molecule has 3 aromatic rings. The quantitative estimate of drug-likeness (QED) is 0.221. The highest BCUT2D eigenvalue weighted by Crippen LogP contribution is 2.39. The Hall–Kier alpha value is -2.68. The zero-order valence-corrected chi connectivity index (χ0v) is 19.4. The lowest BCUT2D eigenvalue weighted by Gasteiger charge is -2.19. The van der Waals surface area contributed by atoms with E-state index in [0.29, 0.717) is 12.0 Å². The maximum absolute atomic E-state index is 14.3. The van der Waals surface area contributed by atoms with Crippen molar-refractivity contribution in [3.05, 3.63) is 53.4 Å². The third-order valence-corrected chi connectivity index (χ3v) is 5.86. The van der Waals surface area contributed by atoms with Crippen LogP contribution in [0.5, 0.6) is 5.75 Å². The van der Waals surface area contributed by atoms with Crippen LogP contribution in [0.25, 0.3) is 11.3 Å². The molecule has 0 radical (unpaired) electrons. The number of thiazole rings is 1. The fraction of sp³-hybridized carbons (Fsp3) is 0.417. The predicted octanol–water partition coefficient (Wildman–Crippen LogP) is 8.23. The molecule has 178 valence electrons. The zero-order chi connectivity index (χ0) is 23.8. The number of rotatable bonds is 11. The van der Waals surface area contributed by atoms with Gasteiger partial charge in [-0.25, -0.2) is 4.98 Å². The first-order chi connectivity index (χ1) is 15.8. The maximum Gasteiger partial charge on any atom is 0.420 e. The number of nitrogens with one attached hydrogen (secondary N) is 1. The molecule has 0 unspecified atom stereocenters. The lowest BCUT2D eigenvalue weighted by atomic mass is 10.1. The van der Waals surface area contributed by atoms with E-state index < -0.39 is 16.9 Å². The van der Waals surface area contributed by atoms with Crippen LogP contribution in [-0.2, 0) is 6.18 Å². The SMILES string of the molecule is CCCCCCC[C@H](C)Oc1ccc(Nc2nc(-c3cccnc3)c(F)s2)cc1C(F)(F)F. The molecule has 2 heterocycles. The van der Waals surface area contributed by atoms with Crippen LogP contribution in [0.15, 0.2) is 42.7 Å². The smallest absolute Gasteiger partial charge is 0.420 e. The number of hydrogen-bond acceptors (Lipinski definition) is 5. The average molecular weight is 482 g/mol. The van der Waals surface area contributed by atoms with E-state index in [0.717, 1.165) is 49.5 Å². The van der Waals surface area contributed by atoms with Gasteiger partial charge in [0.2, 0.25) is 5.13 Å². The van der Waals surface area contributed by atoms with E-state index in [1.807, 2.05) is 0 Å². The molecule has 3 rings (SSSR count). The Bertz CT molecular complexity index is 1020. The molecule has 0 aliphatic rings. The Morgan fingerprint density at radius 1 is 1.12 bits per heavy atom. The second-order valence-corrected chi connectivity index (χ2v) is 8.80. The lowest BCUT2D eigenvalue weighted by Crippen LogP contribution is -2.16. The van der Waals surface area contributed by atoms with Crippen molar-refractivity contribution >= 4 is 22.2 Å². The first-order valence-electron chi connectivity index (χ1n) is 11.0. The van der Waals surface area contributed by atoms with Gasteiger partial charge in [-0.1, -0.05) is 43.9 Å². The summed E-state index contributed by atoms with van der Waals surface area (Å²) in [6, 6.07) is 7.05. The highest BCUT2D eigenvalue weighted by Gasteiger charge is 2.35. The molecule has 0 fully saturated rings. The number of alkyl halides is 3. The van der Waals surface area contributed by atoms with Gasteiger partial charge < -0.3 is 10.1 Å².